The summed E-state index contributed by atoms with van der Waals surface area (Å²) in [6, 6.07) is 11.7. The highest BCUT2D eigenvalue weighted by molar-refractivity contribution is 6.42. The first-order chi connectivity index (χ1) is 13.4. The summed E-state index contributed by atoms with van der Waals surface area (Å²) in [5, 5.41) is 5.59. The van der Waals surface area contributed by atoms with Crippen LogP contribution >= 0.6 is 34.8 Å². The fourth-order valence-electron chi connectivity index (χ4n) is 4.07. The molecule has 0 aromatic heterocycles. The molecule has 0 bridgehead atoms. The Hall–Kier alpha value is -1.46. The first-order valence-corrected chi connectivity index (χ1v) is 10.5. The zero-order valence-corrected chi connectivity index (χ0v) is 18.2. The van der Waals surface area contributed by atoms with E-state index in [1.807, 2.05) is 30.3 Å². The number of piperidine rings is 1. The highest BCUT2D eigenvalue weighted by atomic mass is 35.5. The standard InChI is InChI=1S/C21H23Cl3N4/c1-27-8-6-21(7-9-27)20(25-13-14-4-3-5-15(22)10-14)28(2)19-12-17(24)16(23)11-18(19)26-21/h3-5,10-12,26H,6-9,13H2,1-2H3/b25-20+. The van der Waals surface area contributed by atoms with Gasteiger partial charge in [0.05, 0.1) is 33.5 Å². The van der Waals surface area contributed by atoms with Gasteiger partial charge < -0.3 is 15.1 Å². The lowest BCUT2D eigenvalue weighted by atomic mass is 9.83. The zero-order chi connectivity index (χ0) is 19.9. The summed E-state index contributed by atoms with van der Waals surface area (Å²) >= 11 is 18.7. The average Bonchev–Trinajstić information content (AvgIpc) is 2.66. The summed E-state index contributed by atoms with van der Waals surface area (Å²) in [4.78, 5) is 9.57. The fourth-order valence-corrected chi connectivity index (χ4v) is 4.60. The number of amidine groups is 1. The van der Waals surface area contributed by atoms with Gasteiger partial charge in [0.25, 0.3) is 0 Å². The highest BCUT2D eigenvalue weighted by Crippen LogP contribution is 2.43. The van der Waals surface area contributed by atoms with Crippen molar-refractivity contribution in [1.82, 2.24) is 4.90 Å². The second kappa shape index (κ2) is 7.75. The second-order valence-electron chi connectivity index (χ2n) is 7.62. The Morgan fingerprint density at radius 2 is 1.75 bits per heavy atom. The van der Waals surface area contributed by atoms with Crippen LogP contribution in [0.5, 0.6) is 0 Å². The molecule has 0 unspecified atom stereocenters. The Labute approximate surface area is 181 Å². The molecule has 148 valence electrons. The number of likely N-dealkylation sites (N-methyl/N-ethyl adjacent to an activating group) is 1. The van der Waals surface area contributed by atoms with Gasteiger partial charge in [-0.25, -0.2) is 0 Å². The molecule has 1 saturated heterocycles. The van der Waals surface area contributed by atoms with E-state index in [4.69, 9.17) is 39.8 Å². The number of benzene rings is 2. The molecule has 2 aliphatic rings. The van der Waals surface area contributed by atoms with Crippen molar-refractivity contribution in [2.24, 2.45) is 4.99 Å². The van der Waals surface area contributed by atoms with Crippen LogP contribution in [-0.4, -0.2) is 43.5 Å². The van der Waals surface area contributed by atoms with E-state index in [-0.39, 0.29) is 5.54 Å². The summed E-state index contributed by atoms with van der Waals surface area (Å²) < 4.78 is 0. The summed E-state index contributed by atoms with van der Waals surface area (Å²) in [7, 11) is 4.22. The molecule has 4 rings (SSSR count). The van der Waals surface area contributed by atoms with Crippen LogP contribution in [0.1, 0.15) is 18.4 Å². The maximum absolute atomic E-state index is 6.30. The number of nitrogens with zero attached hydrogens (tertiary/aromatic N) is 3. The van der Waals surface area contributed by atoms with Gasteiger partial charge in [0.2, 0.25) is 0 Å². The minimum atomic E-state index is -0.218. The molecule has 1 spiro atoms. The predicted octanol–water partition coefficient (Wildman–Crippen LogP) is 5.57. The number of anilines is 2. The number of likely N-dealkylation sites (tertiary alicyclic amines) is 1. The van der Waals surface area contributed by atoms with Crippen LogP contribution in [0, 0.1) is 0 Å². The molecule has 2 aromatic rings. The minimum absolute atomic E-state index is 0.218. The fraction of sp³-hybridized carbons (Fsp3) is 0.381. The lowest BCUT2D eigenvalue weighted by molar-refractivity contribution is 0.239. The Morgan fingerprint density at radius 1 is 1.04 bits per heavy atom. The van der Waals surface area contributed by atoms with Crippen molar-refractivity contribution in [2.45, 2.75) is 24.9 Å². The summed E-state index contributed by atoms with van der Waals surface area (Å²) in [6.07, 6.45) is 1.95. The van der Waals surface area contributed by atoms with E-state index in [0.29, 0.717) is 16.6 Å². The van der Waals surface area contributed by atoms with Gasteiger partial charge in [-0.15, -0.1) is 0 Å². The van der Waals surface area contributed by atoms with Gasteiger partial charge in [0.1, 0.15) is 5.84 Å². The largest absolute Gasteiger partial charge is 0.371 e. The molecule has 0 saturated carbocycles. The number of nitrogens with one attached hydrogen (secondary N) is 1. The van der Waals surface area contributed by atoms with E-state index in [9.17, 15) is 0 Å². The Bertz CT molecular complexity index is 920. The third-order valence-corrected chi connectivity index (χ3v) is 6.62. The molecule has 7 heteroatoms. The van der Waals surface area contributed by atoms with Crippen LogP contribution in [0.3, 0.4) is 0 Å². The molecular formula is C21H23Cl3N4. The Morgan fingerprint density at radius 3 is 2.46 bits per heavy atom. The van der Waals surface area contributed by atoms with Crippen LogP contribution in [0.4, 0.5) is 11.4 Å². The van der Waals surface area contributed by atoms with Crippen LogP contribution in [0.15, 0.2) is 41.4 Å². The maximum atomic E-state index is 6.30. The molecule has 2 aromatic carbocycles. The van der Waals surface area contributed by atoms with Crippen LogP contribution in [0.25, 0.3) is 0 Å². The lowest BCUT2D eigenvalue weighted by Gasteiger charge is -2.49. The number of hydrogen-bond acceptors (Lipinski definition) is 3. The molecule has 28 heavy (non-hydrogen) atoms. The summed E-state index contributed by atoms with van der Waals surface area (Å²) in [6.45, 7) is 2.59. The van der Waals surface area contributed by atoms with Gasteiger partial charge in [-0.1, -0.05) is 46.9 Å². The SMILES string of the molecule is CN1CCC2(CC1)Nc1cc(Cl)c(Cl)cc1N(C)/C2=N/Cc1cccc(Cl)c1. The highest BCUT2D eigenvalue weighted by Gasteiger charge is 2.44. The second-order valence-corrected chi connectivity index (χ2v) is 8.87. The smallest absolute Gasteiger partial charge is 0.130 e. The molecule has 1 N–H and O–H groups in total. The van der Waals surface area contributed by atoms with E-state index in [1.165, 1.54) is 0 Å². The number of halogens is 3. The summed E-state index contributed by atoms with van der Waals surface area (Å²) in [5.41, 5.74) is 2.87. The summed E-state index contributed by atoms with van der Waals surface area (Å²) in [5.74, 6) is 1.03. The van der Waals surface area contributed by atoms with Crippen molar-refractivity contribution in [3.8, 4) is 0 Å². The van der Waals surface area contributed by atoms with E-state index in [0.717, 1.165) is 53.7 Å². The average molecular weight is 438 g/mol. The van der Waals surface area contributed by atoms with Crippen molar-refractivity contribution >= 4 is 52.0 Å². The van der Waals surface area contributed by atoms with Crippen molar-refractivity contribution < 1.29 is 0 Å². The van der Waals surface area contributed by atoms with Gasteiger partial charge in [-0.2, -0.15) is 0 Å². The molecule has 4 nitrogen and oxygen atoms in total. The zero-order valence-electron chi connectivity index (χ0n) is 16.0. The number of hydrogen-bond donors (Lipinski definition) is 1. The quantitative estimate of drug-likeness (QED) is 0.666. The van der Waals surface area contributed by atoms with E-state index in [1.54, 1.807) is 0 Å². The van der Waals surface area contributed by atoms with E-state index >= 15 is 0 Å². The first-order valence-electron chi connectivity index (χ1n) is 9.37. The first kappa shape index (κ1) is 19.8. The molecule has 2 heterocycles. The molecule has 0 atom stereocenters. The topological polar surface area (TPSA) is 30.9 Å². The van der Waals surface area contributed by atoms with Crippen LogP contribution in [0.2, 0.25) is 15.1 Å². The number of rotatable bonds is 2. The minimum Gasteiger partial charge on any atom is -0.371 e. The predicted molar refractivity (Wildman–Crippen MR) is 121 cm³/mol. The van der Waals surface area contributed by atoms with Gasteiger partial charge in [-0.05, 0) is 49.7 Å². The van der Waals surface area contributed by atoms with E-state index < -0.39 is 0 Å². The third kappa shape index (κ3) is 3.71. The molecular weight excluding hydrogens is 415 g/mol. The lowest BCUT2D eigenvalue weighted by Crippen LogP contribution is -2.60. The van der Waals surface area contributed by atoms with Crippen molar-refractivity contribution in [3.05, 3.63) is 57.0 Å². The Kier molecular flexibility index (Phi) is 5.49. The van der Waals surface area contributed by atoms with Gasteiger partial charge >= 0.3 is 0 Å². The van der Waals surface area contributed by atoms with Crippen LogP contribution in [-0.2, 0) is 6.54 Å². The van der Waals surface area contributed by atoms with Crippen molar-refractivity contribution in [3.63, 3.8) is 0 Å². The maximum Gasteiger partial charge on any atom is 0.130 e. The van der Waals surface area contributed by atoms with Gasteiger partial charge in [-0.3, -0.25) is 4.99 Å². The van der Waals surface area contributed by atoms with Crippen LogP contribution < -0.4 is 10.2 Å². The number of aliphatic imine (C=N–C) groups is 1. The monoisotopic (exact) mass is 436 g/mol. The normalized spacial score (nSPS) is 20.3. The van der Waals surface area contributed by atoms with Gasteiger partial charge in [0, 0.05) is 25.2 Å². The molecule has 2 aliphatic heterocycles. The van der Waals surface area contributed by atoms with Gasteiger partial charge in [0.15, 0.2) is 0 Å². The van der Waals surface area contributed by atoms with Crippen molar-refractivity contribution in [1.29, 1.82) is 0 Å². The Balaban J connectivity index is 1.75. The van der Waals surface area contributed by atoms with Crippen molar-refractivity contribution in [2.75, 3.05) is 37.4 Å². The third-order valence-electron chi connectivity index (χ3n) is 5.66. The molecule has 0 aliphatic carbocycles. The molecule has 1 fully saturated rings. The molecule has 0 radical (unpaired) electrons. The van der Waals surface area contributed by atoms with E-state index in [2.05, 4.69) is 35.3 Å². The molecule has 0 amide bonds. The number of fused-ring (bicyclic) bond motifs is 1.